The molecular formula is C13H18N2O. The first-order valence-corrected chi connectivity index (χ1v) is 5.79. The molecule has 1 aromatic carbocycles. The van der Waals surface area contributed by atoms with Crippen LogP contribution in [0.2, 0.25) is 0 Å². The van der Waals surface area contributed by atoms with Crippen LogP contribution in [0, 0.1) is 0 Å². The van der Waals surface area contributed by atoms with E-state index in [-0.39, 0.29) is 5.78 Å². The van der Waals surface area contributed by atoms with Gasteiger partial charge in [-0.3, -0.25) is 4.79 Å². The molecule has 0 saturated carbocycles. The Balaban J connectivity index is 2.24. The number of hydrogen-bond donors (Lipinski definition) is 2. The predicted octanol–water partition coefficient (Wildman–Crippen LogP) is 1.09. The molecule has 0 fully saturated rings. The number of aryl methyl sites for hydroxylation is 1. The molecule has 3 nitrogen and oxygen atoms in total. The summed E-state index contributed by atoms with van der Waals surface area (Å²) >= 11 is 0. The quantitative estimate of drug-likeness (QED) is 0.795. The summed E-state index contributed by atoms with van der Waals surface area (Å²) < 4.78 is 0. The van der Waals surface area contributed by atoms with Gasteiger partial charge in [0.1, 0.15) is 5.54 Å². The van der Waals surface area contributed by atoms with Gasteiger partial charge in [-0.15, -0.1) is 0 Å². The maximum Gasteiger partial charge on any atom is 0.157 e. The average Bonchev–Trinajstić information content (AvgIpc) is 2.66. The van der Waals surface area contributed by atoms with E-state index in [1.54, 1.807) is 0 Å². The number of Topliss-reactive ketones (excluding diaryl/α,β-unsaturated/α-hetero) is 1. The largest absolute Gasteiger partial charge is 0.330 e. The van der Waals surface area contributed by atoms with Crippen molar-refractivity contribution in [3.05, 3.63) is 35.4 Å². The molecule has 1 unspecified atom stereocenters. The minimum Gasteiger partial charge on any atom is -0.330 e. The van der Waals surface area contributed by atoms with E-state index in [1.807, 2.05) is 18.2 Å². The van der Waals surface area contributed by atoms with Gasteiger partial charge in [-0.1, -0.05) is 24.3 Å². The summed E-state index contributed by atoms with van der Waals surface area (Å²) in [6, 6.07) is 7.97. The first kappa shape index (κ1) is 11.3. The Labute approximate surface area is 95.8 Å². The number of ketones is 1. The highest BCUT2D eigenvalue weighted by atomic mass is 16.1. The zero-order chi connectivity index (χ0) is 11.6. The highest BCUT2D eigenvalue weighted by Crippen LogP contribution is 2.36. The van der Waals surface area contributed by atoms with Gasteiger partial charge >= 0.3 is 0 Å². The lowest BCUT2D eigenvalue weighted by molar-refractivity contribution is -0.124. The third-order valence-corrected chi connectivity index (χ3v) is 3.39. The zero-order valence-electron chi connectivity index (χ0n) is 9.41. The normalized spacial score (nSPS) is 23.1. The van der Waals surface area contributed by atoms with Crippen LogP contribution in [0.1, 0.15) is 30.4 Å². The highest BCUT2D eigenvalue weighted by molar-refractivity contribution is 5.90. The molecule has 1 aliphatic carbocycles. The van der Waals surface area contributed by atoms with Gasteiger partial charge in [0.2, 0.25) is 0 Å². The number of nitrogens with two attached hydrogens (primary N) is 2. The SMILES string of the molecule is NCCCC(=O)C1(N)CCc2ccccc21. The molecule has 0 spiro atoms. The maximum atomic E-state index is 12.1. The summed E-state index contributed by atoms with van der Waals surface area (Å²) in [6.07, 6.45) is 2.85. The van der Waals surface area contributed by atoms with Crippen LogP contribution in [-0.2, 0) is 16.8 Å². The van der Waals surface area contributed by atoms with Crippen LogP contribution in [0.25, 0.3) is 0 Å². The predicted molar refractivity (Wildman–Crippen MR) is 63.9 cm³/mol. The molecule has 0 aliphatic heterocycles. The number of carbonyl (C=O) groups is 1. The summed E-state index contributed by atoms with van der Waals surface area (Å²) in [5, 5.41) is 0. The van der Waals surface area contributed by atoms with Crippen LogP contribution >= 0.6 is 0 Å². The van der Waals surface area contributed by atoms with E-state index in [4.69, 9.17) is 11.5 Å². The number of rotatable bonds is 4. The van der Waals surface area contributed by atoms with Crippen molar-refractivity contribution in [1.82, 2.24) is 0 Å². The van der Waals surface area contributed by atoms with Crippen LogP contribution in [0.15, 0.2) is 24.3 Å². The molecule has 2 rings (SSSR count). The number of benzene rings is 1. The van der Waals surface area contributed by atoms with Gasteiger partial charge in [-0.2, -0.15) is 0 Å². The van der Waals surface area contributed by atoms with Crippen LogP contribution in [-0.4, -0.2) is 12.3 Å². The number of carbonyl (C=O) groups excluding carboxylic acids is 1. The van der Waals surface area contributed by atoms with Gasteiger partial charge in [0.25, 0.3) is 0 Å². The lowest BCUT2D eigenvalue weighted by Gasteiger charge is -2.23. The smallest absolute Gasteiger partial charge is 0.157 e. The number of hydrogen-bond acceptors (Lipinski definition) is 3. The number of fused-ring (bicyclic) bond motifs is 1. The van der Waals surface area contributed by atoms with Gasteiger partial charge < -0.3 is 11.5 Å². The van der Waals surface area contributed by atoms with Crippen molar-refractivity contribution < 1.29 is 4.79 Å². The molecule has 1 atom stereocenters. The van der Waals surface area contributed by atoms with E-state index in [2.05, 4.69) is 6.07 Å². The highest BCUT2D eigenvalue weighted by Gasteiger charge is 2.40. The van der Waals surface area contributed by atoms with E-state index < -0.39 is 5.54 Å². The Bertz CT molecular complexity index is 403. The van der Waals surface area contributed by atoms with Crippen molar-refractivity contribution in [3.63, 3.8) is 0 Å². The van der Waals surface area contributed by atoms with Crippen molar-refractivity contribution in [2.75, 3.05) is 6.54 Å². The topological polar surface area (TPSA) is 69.1 Å². The van der Waals surface area contributed by atoms with Crippen LogP contribution in [0.4, 0.5) is 0 Å². The van der Waals surface area contributed by atoms with Gasteiger partial charge in [0.05, 0.1) is 0 Å². The molecule has 0 radical (unpaired) electrons. The van der Waals surface area contributed by atoms with E-state index in [0.29, 0.717) is 13.0 Å². The molecule has 0 heterocycles. The summed E-state index contributed by atoms with van der Waals surface area (Å²) in [5.74, 6) is 0.128. The lowest BCUT2D eigenvalue weighted by Crippen LogP contribution is -2.43. The van der Waals surface area contributed by atoms with Gasteiger partial charge in [-0.25, -0.2) is 0 Å². The molecule has 1 aliphatic rings. The van der Waals surface area contributed by atoms with Gasteiger partial charge in [0.15, 0.2) is 5.78 Å². The Morgan fingerprint density at radius 3 is 2.88 bits per heavy atom. The molecule has 0 aromatic heterocycles. The molecule has 1 aromatic rings. The fourth-order valence-corrected chi connectivity index (χ4v) is 2.42. The van der Waals surface area contributed by atoms with E-state index in [0.717, 1.165) is 24.8 Å². The second-order valence-corrected chi connectivity index (χ2v) is 4.44. The lowest BCUT2D eigenvalue weighted by atomic mass is 9.86. The first-order chi connectivity index (χ1) is 7.68. The Morgan fingerprint density at radius 1 is 1.38 bits per heavy atom. The summed E-state index contributed by atoms with van der Waals surface area (Å²) in [7, 11) is 0. The molecule has 3 heteroatoms. The maximum absolute atomic E-state index is 12.1. The molecular weight excluding hydrogens is 200 g/mol. The second-order valence-electron chi connectivity index (χ2n) is 4.44. The summed E-state index contributed by atoms with van der Waals surface area (Å²) in [6.45, 7) is 0.545. The molecule has 0 saturated heterocycles. The minimum atomic E-state index is -0.758. The van der Waals surface area contributed by atoms with Crippen molar-refractivity contribution >= 4 is 5.78 Å². The molecule has 16 heavy (non-hydrogen) atoms. The molecule has 86 valence electrons. The molecule has 0 amide bonds. The minimum absolute atomic E-state index is 0.128. The standard InChI is InChI=1S/C13H18N2O/c14-9-3-6-12(16)13(15)8-7-10-4-1-2-5-11(10)13/h1-2,4-5H,3,6-9,14-15H2. The second kappa shape index (κ2) is 4.36. The fraction of sp³-hybridized carbons (Fsp3) is 0.462. The third-order valence-electron chi connectivity index (χ3n) is 3.39. The monoisotopic (exact) mass is 218 g/mol. The molecule has 4 N–H and O–H groups in total. The van der Waals surface area contributed by atoms with Crippen molar-refractivity contribution in [2.24, 2.45) is 11.5 Å². The van der Waals surface area contributed by atoms with Crippen molar-refractivity contribution in [1.29, 1.82) is 0 Å². The Hall–Kier alpha value is -1.19. The van der Waals surface area contributed by atoms with E-state index >= 15 is 0 Å². The Kier molecular flexibility index (Phi) is 3.08. The third kappa shape index (κ3) is 1.77. The van der Waals surface area contributed by atoms with Crippen LogP contribution < -0.4 is 11.5 Å². The van der Waals surface area contributed by atoms with Crippen LogP contribution in [0.3, 0.4) is 0 Å². The average molecular weight is 218 g/mol. The summed E-state index contributed by atoms with van der Waals surface area (Å²) in [5.41, 5.74) is 13.2. The van der Waals surface area contributed by atoms with Crippen molar-refractivity contribution in [3.8, 4) is 0 Å². The van der Waals surface area contributed by atoms with Gasteiger partial charge in [0, 0.05) is 6.42 Å². The van der Waals surface area contributed by atoms with E-state index in [9.17, 15) is 4.79 Å². The fourth-order valence-electron chi connectivity index (χ4n) is 2.42. The first-order valence-electron chi connectivity index (χ1n) is 5.79. The van der Waals surface area contributed by atoms with Crippen LogP contribution in [0.5, 0.6) is 0 Å². The zero-order valence-corrected chi connectivity index (χ0v) is 9.41. The van der Waals surface area contributed by atoms with E-state index in [1.165, 1.54) is 5.56 Å². The van der Waals surface area contributed by atoms with Gasteiger partial charge in [-0.05, 0) is 36.9 Å². The Morgan fingerprint density at radius 2 is 2.12 bits per heavy atom. The summed E-state index contributed by atoms with van der Waals surface area (Å²) in [4.78, 5) is 12.1. The molecule has 0 bridgehead atoms. The van der Waals surface area contributed by atoms with Crippen molar-refractivity contribution in [2.45, 2.75) is 31.2 Å².